The van der Waals surface area contributed by atoms with Gasteiger partial charge in [0.15, 0.2) is 0 Å². The quantitative estimate of drug-likeness (QED) is 0.692. The highest BCUT2D eigenvalue weighted by molar-refractivity contribution is 5.92. The Morgan fingerprint density at radius 1 is 1.07 bits per heavy atom. The van der Waals surface area contributed by atoms with E-state index >= 15 is 0 Å². The van der Waals surface area contributed by atoms with E-state index in [0.717, 1.165) is 44.2 Å². The molecule has 1 aromatic heterocycles. The molecule has 2 heterocycles. The van der Waals surface area contributed by atoms with Crippen LogP contribution in [0.15, 0.2) is 36.4 Å². The van der Waals surface area contributed by atoms with Crippen molar-refractivity contribution in [2.75, 3.05) is 44.2 Å². The van der Waals surface area contributed by atoms with Gasteiger partial charge in [-0.3, -0.25) is 9.69 Å². The van der Waals surface area contributed by atoms with Crippen LogP contribution in [-0.2, 0) is 13.2 Å². The Morgan fingerprint density at radius 3 is 2.43 bits per heavy atom. The lowest BCUT2D eigenvalue weighted by molar-refractivity contribution is -0.137. The molecule has 1 amide bonds. The van der Waals surface area contributed by atoms with Crippen molar-refractivity contribution in [1.29, 1.82) is 0 Å². The molecule has 0 bridgehead atoms. The molecule has 164 valence electrons. The number of anilines is 1. The number of piperazine rings is 1. The van der Waals surface area contributed by atoms with E-state index in [4.69, 9.17) is 0 Å². The number of hydrogen-bond acceptors (Lipinski definition) is 3. The smallest absolute Gasteiger partial charge is 0.369 e. The Hall–Kier alpha value is -2.48. The van der Waals surface area contributed by atoms with Crippen LogP contribution in [0.1, 0.15) is 34.6 Å². The second-order valence-corrected chi connectivity index (χ2v) is 7.76. The van der Waals surface area contributed by atoms with Crippen LogP contribution in [0.25, 0.3) is 0 Å². The first-order valence-electron chi connectivity index (χ1n) is 10.3. The van der Waals surface area contributed by atoms with E-state index in [1.807, 2.05) is 35.6 Å². The number of rotatable bonds is 7. The number of carbonyl (C=O) groups is 1. The normalized spacial score (nSPS) is 15.4. The van der Waals surface area contributed by atoms with Crippen LogP contribution in [0.2, 0.25) is 0 Å². The highest BCUT2D eigenvalue weighted by Gasteiger charge is 2.31. The number of hydrogen-bond donors (Lipinski definition) is 1. The van der Waals surface area contributed by atoms with Gasteiger partial charge in [-0.1, -0.05) is 6.07 Å². The second-order valence-electron chi connectivity index (χ2n) is 7.76. The summed E-state index contributed by atoms with van der Waals surface area (Å²) in [5, 5.41) is 2.96. The lowest BCUT2D eigenvalue weighted by Crippen LogP contribution is -2.46. The summed E-state index contributed by atoms with van der Waals surface area (Å²) in [4.78, 5) is 16.5. The number of aryl methyl sites for hydroxylation is 1. The predicted molar refractivity (Wildman–Crippen MR) is 112 cm³/mol. The monoisotopic (exact) mass is 422 g/mol. The van der Waals surface area contributed by atoms with E-state index < -0.39 is 11.7 Å². The topological polar surface area (TPSA) is 40.5 Å². The van der Waals surface area contributed by atoms with Gasteiger partial charge in [-0.2, -0.15) is 13.2 Å². The van der Waals surface area contributed by atoms with Crippen molar-refractivity contribution in [3.05, 3.63) is 53.3 Å². The summed E-state index contributed by atoms with van der Waals surface area (Å²) in [5.41, 5.74) is 1.74. The molecule has 1 fully saturated rings. The molecule has 1 aromatic carbocycles. The number of amides is 1. The molecule has 5 nitrogen and oxygen atoms in total. The van der Waals surface area contributed by atoms with Crippen molar-refractivity contribution < 1.29 is 18.0 Å². The molecular weight excluding hydrogens is 393 g/mol. The van der Waals surface area contributed by atoms with E-state index in [2.05, 4.69) is 10.2 Å². The number of unbranched alkanes of at least 4 members (excludes halogenated alkanes) is 1. The summed E-state index contributed by atoms with van der Waals surface area (Å²) in [6, 6.07) is 9.30. The molecule has 3 rings (SSSR count). The van der Waals surface area contributed by atoms with Gasteiger partial charge in [0.2, 0.25) is 0 Å². The third-order valence-corrected chi connectivity index (χ3v) is 5.70. The van der Waals surface area contributed by atoms with Crippen molar-refractivity contribution >= 4 is 11.6 Å². The molecule has 1 saturated heterocycles. The first-order valence-corrected chi connectivity index (χ1v) is 10.3. The SMILES string of the molecule is Cc1ccc(C(=O)NCCCCN2CCN(c3cccc(C(F)(F)F)c3)CC2)n1C. The second kappa shape index (κ2) is 9.55. The Labute approximate surface area is 175 Å². The fourth-order valence-corrected chi connectivity index (χ4v) is 3.70. The predicted octanol–water partition coefficient (Wildman–Crippen LogP) is 3.68. The van der Waals surface area contributed by atoms with Gasteiger partial charge in [0.05, 0.1) is 5.56 Å². The fraction of sp³-hybridized carbons (Fsp3) is 0.500. The largest absolute Gasteiger partial charge is 0.416 e. The van der Waals surface area contributed by atoms with Crippen molar-refractivity contribution in [3.63, 3.8) is 0 Å². The van der Waals surface area contributed by atoms with E-state index in [9.17, 15) is 18.0 Å². The van der Waals surface area contributed by atoms with Crippen molar-refractivity contribution in [2.45, 2.75) is 25.9 Å². The number of halogens is 3. The van der Waals surface area contributed by atoms with Crippen molar-refractivity contribution in [1.82, 2.24) is 14.8 Å². The Morgan fingerprint density at radius 2 is 1.80 bits per heavy atom. The van der Waals surface area contributed by atoms with Gasteiger partial charge in [0, 0.05) is 51.2 Å². The Balaban J connectivity index is 1.35. The van der Waals surface area contributed by atoms with Gasteiger partial charge in [0.25, 0.3) is 5.91 Å². The summed E-state index contributed by atoms with van der Waals surface area (Å²) in [6.45, 7) is 6.60. The highest BCUT2D eigenvalue weighted by atomic mass is 19.4. The molecule has 1 N–H and O–H groups in total. The maximum atomic E-state index is 12.9. The molecule has 0 spiro atoms. The first kappa shape index (κ1) is 22.2. The zero-order valence-corrected chi connectivity index (χ0v) is 17.5. The first-order chi connectivity index (χ1) is 14.3. The molecule has 0 radical (unpaired) electrons. The van der Waals surface area contributed by atoms with Gasteiger partial charge in [-0.05, 0) is 56.6 Å². The van der Waals surface area contributed by atoms with Crippen LogP contribution in [0.5, 0.6) is 0 Å². The minimum atomic E-state index is -4.31. The average Bonchev–Trinajstić information content (AvgIpc) is 3.06. The molecule has 8 heteroatoms. The minimum absolute atomic E-state index is 0.0553. The van der Waals surface area contributed by atoms with Crippen LogP contribution < -0.4 is 10.2 Å². The van der Waals surface area contributed by atoms with Crippen LogP contribution in [0.3, 0.4) is 0 Å². The highest BCUT2D eigenvalue weighted by Crippen LogP contribution is 2.31. The molecule has 0 saturated carbocycles. The van der Waals surface area contributed by atoms with E-state index in [0.29, 0.717) is 31.0 Å². The van der Waals surface area contributed by atoms with Gasteiger partial charge in [-0.15, -0.1) is 0 Å². The minimum Gasteiger partial charge on any atom is -0.369 e. The van der Waals surface area contributed by atoms with Crippen LogP contribution in [0.4, 0.5) is 18.9 Å². The van der Waals surface area contributed by atoms with Gasteiger partial charge in [-0.25, -0.2) is 0 Å². The lowest BCUT2D eigenvalue weighted by atomic mass is 10.1. The molecular formula is C22H29F3N4O. The number of carbonyl (C=O) groups excluding carboxylic acids is 1. The summed E-state index contributed by atoms with van der Waals surface area (Å²) in [5.74, 6) is -0.0553. The number of alkyl halides is 3. The van der Waals surface area contributed by atoms with Crippen molar-refractivity contribution in [3.8, 4) is 0 Å². The number of nitrogens with one attached hydrogen (secondary N) is 1. The number of benzene rings is 1. The summed E-state index contributed by atoms with van der Waals surface area (Å²) >= 11 is 0. The summed E-state index contributed by atoms with van der Waals surface area (Å²) in [6.07, 6.45) is -2.45. The van der Waals surface area contributed by atoms with E-state index in [1.54, 1.807) is 6.07 Å². The Bertz CT molecular complexity index is 854. The maximum absolute atomic E-state index is 12.9. The van der Waals surface area contributed by atoms with Gasteiger partial charge < -0.3 is 14.8 Å². The molecule has 0 unspecified atom stereocenters. The molecule has 1 aliphatic rings. The zero-order valence-electron chi connectivity index (χ0n) is 17.5. The van der Waals surface area contributed by atoms with Crippen molar-refractivity contribution in [2.24, 2.45) is 7.05 Å². The van der Waals surface area contributed by atoms with E-state index in [-0.39, 0.29) is 5.91 Å². The molecule has 0 atom stereocenters. The molecule has 1 aliphatic heterocycles. The molecule has 0 aliphatic carbocycles. The van der Waals surface area contributed by atoms with Crippen LogP contribution in [-0.4, -0.2) is 54.6 Å². The zero-order chi connectivity index (χ0) is 21.7. The molecule has 30 heavy (non-hydrogen) atoms. The lowest BCUT2D eigenvalue weighted by Gasteiger charge is -2.36. The third-order valence-electron chi connectivity index (χ3n) is 5.70. The number of nitrogens with zero attached hydrogens (tertiary/aromatic N) is 3. The standard InChI is InChI=1S/C22H29F3N4O/c1-17-8-9-20(27(17)2)21(30)26-10-3-4-11-28-12-14-29(15-13-28)19-7-5-6-18(16-19)22(23,24)25/h5-9,16H,3-4,10-15H2,1-2H3,(H,26,30). The summed E-state index contributed by atoms with van der Waals surface area (Å²) < 4.78 is 40.6. The third kappa shape index (κ3) is 5.56. The van der Waals surface area contributed by atoms with Crippen LogP contribution in [0, 0.1) is 6.92 Å². The average molecular weight is 422 g/mol. The maximum Gasteiger partial charge on any atom is 0.416 e. The summed E-state index contributed by atoms with van der Waals surface area (Å²) in [7, 11) is 1.88. The number of aromatic nitrogens is 1. The fourth-order valence-electron chi connectivity index (χ4n) is 3.70. The van der Waals surface area contributed by atoms with Gasteiger partial charge >= 0.3 is 6.18 Å². The van der Waals surface area contributed by atoms with E-state index in [1.165, 1.54) is 12.1 Å². The van der Waals surface area contributed by atoms with Crippen LogP contribution >= 0.6 is 0 Å². The molecule has 2 aromatic rings. The van der Waals surface area contributed by atoms with Gasteiger partial charge in [0.1, 0.15) is 5.69 Å². The Kier molecular flexibility index (Phi) is 7.07.